The second kappa shape index (κ2) is 13.2. The van der Waals surface area contributed by atoms with E-state index in [9.17, 15) is 4.79 Å². The van der Waals surface area contributed by atoms with Crippen LogP contribution in [0.5, 0.6) is 5.75 Å². The fourth-order valence-corrected chi connectivity index (χ4v) is 3.87. The summed E-state index contributed by atoms with van der Waals surface area (Å²) in [4.78, 5) is 19.0. The number of benzene rings is 1. The third-order valence-corrected chi connectivity index (χ3v) is 5.92. The predicted molar refractivity (Wildman–Crippen MR) is 129 cm³/mol. The van der Waals surface area contributed by atoms with Gasteiger partial charge in [0.25, 0.3) is 0 Å². The van der Waals surface area contributed by atoms with E-state index >= 15 is 0 Å². The number of nitrogens with zero attached hydrogens (tertiary/aromatic N) is 2. The Labute approximate surface area is 188 Å². The first-order chi connectivity index (χ1) is 15.0. The largest absolute Gasteiger partial charge is 0.493 e. The molecule has 6 heteroatoms. The molecule has 1 fully saturated rings. The first-order valence-electron chi connectivity index (χ1n) is 11.9. The molecular weight excluding hydrogens is 388 g/mol. The minimum Gasteiger partial charge on any atom is -0.493 e. The number of rotatable bonds is 10. The molecule has 0 bridgehead atoms. The average molecular weight is 431 g/mol. The van der Waals surface area contributed by atoms with E-state index in [-0.39, 0.29) is 5.92 Å². The Morgan fingerprint density at radius 3 is 2.35 bits per heavy atom. The lowest BCUT2D eigenvalue weighted by atomic mass is 9.98. The summed E-state index contributed by atoms with van der Waals surface area (Å²) >= 11 is 0. The Morgan fingerprint density at radius 2 is 1.81 bits per heavy atom. The third kappa shape index (κ3) is 8.42. The van der Waals surface area contributed by atoms with Crippen LogP contribution in [0.25, 0.3) is 0 Å². The van der Waals surface area contributed by atoms with Crippen LogP contribution < -0.4 is 15.4 Å². The summed E-state index contributed by atoms with van der Waals surface area (Å²) in [6.45, 7) is 11.7. The SMILES string of the molecule is CCC(CC)C(=O)N1CCC(NC(=NC)NCCc2ccc(OCC(C)C)cc2)CC1. The number of aliphatic imine (C=N–C) groups is 1. The van der Waals surface area contributed by atoms with Crippen molar-refractivity contribution >= 4 is 11.9 Å². The van der Waals surface area contributed by atoms with Gasteiger partial charge in [-0.3, -0.25) is 9.79 Å². The third-order valence-electron chi connectivity index (χ3n) is 5.92. The smallest absolute Gasteiger partial charge is 0.225 e. The highest BCUT2D eigenvalue weighted by Crippen LogP contribution is 2.17. The van der Waals surface area contributed by atoms with Gasteiger partial charge < -0.3 is 20.3 Å². The van der Waals surface area contributed by atoms with Crippen molar-refractivity contribution in [1.82, 2.24) is 15.5 Å². The summed E-state index contributed by atoms with van der Waals surface area (Å²) in [5, 5.41) is 6.94. The van der Waals surface area contributed by atoms with Gasteiger partial charge in [0.05, 0.1) is 6.61 Å². The molecule has 2 rings (SSSR count). The van der Waals surface area contributed by atoms with Gasteiger partial charge in [0.1, 0.15) is 5.75 Å². The van der Waals surface area contributed by atoms with Crippen molar-refractivity contribution in [3.05, 3.63) is 29.8 Å². The number of hydrogen-bond donors (Lipinski definition) is 2. The summed E-state index contributed by atoms with van der Waals surface area (Å²) in [6, 6.07) is 8.69. The number of piperidine rings is 1. The zero-order valence-electron chi connectivity index (χ0n) is 20.1. The Hall–Kier alpha value is -2.24. The van der Waals surface area contributed by atoms with E-state index in [0.29, 0.717) is 17.9 Å². The minimum absolute atomic E-state index is 0.176. The molecule has 0 spiro atoms. The molecule has 1 amide bonds. The predicted octanol–water partition coefficient (Wildman–Crippen LogP) is 3.86. The molecule has 2 N–H and O–H groups in total. The average Bonchev–Trinajstić information content (AvgIpc) is 2.79. The van der Waals surface area contributed by atoms with Gasteiger partial charge >= 0.3 is 0 Å². The van der Waals surface area contributed by atoms with Gasteiger partial charge in [-0.05, 0) is 55.7 Å². The summed E-state index contributed by atoms with van der Waals surface area (Å²) in [5.74, 6) is 2.79. The summed E-state index contributed by atoms with van der Waals surface area (Å²) in [7, 11) is 1.81. The Bertz CT molecular complexity index is 675. The molecule has 31 heavy (non-hydrogen) atoms. The van der Waals surface area contributed by atoms with Gasteiger partial charge in [0, 0.05) is 38.6 Å². The number of ether oxygens (including phenoxy) is 1. The monoisotopic (exact) mass is 430 g/mol. The molecule has 1 saturated heterocycles. The second-order valence-electron chi connectivity index (χ2n) is 8.86. The van der Waals surface area contributed by atoms with Crippen molar-refractivity contribution in [3.8, 4) is 5.75 Å². The maximum absolute atomic E-state index is 12.6. The Balaban J connectivity index is 1.70. The zero-order valence-corrected chi connectivity index (χ0v) is 20.1. The van der Waals surface area contributed by atoms with Crippen molar-refractivity contribution in [2.75, 3.05) is 33.3 Å². The van der Waals surface area contributed by atoms with Crippen LogP contribution in [0.3, 0.4) is 0 Å². The highest BCUT2D eigenvalue weighted by molar-refractivity contribution is 5.80. The number of guanidine groups is 1. The molecule has 0 unspecified atom stereocenters. The van der Waals surface area contributed by atoms with Crippen molar-refractivity contribution < 1.29 is 9.53 Å². The summed E-state index contributed by atoms with van der Waals surface area (Å²) in [6.07, 6.45) is 4.71. The van der Waals surface area contributed by atoms with Crippen molar-refractivity contribution in [2.24, 2.45) is 16.8 Å². The number of nitrogens with one attached hydrogen (secondary N) is 2. The van der Waals surface area contributed by atoms with Gasteiger partial charge in [-0.2, -0.15) is 0 Å². The van der Waals surface area contributed by atoms with Crippen LogP contribution in [0.1, 0.15) is 58.9 Å². The number of carbonyl (C=O) groups excluding carboxylic acids is 1. The van der Waals surface area contributed by atoms with Crippen LogP contribution in [0, 0.1) is 11.8 Å². The lowest BCUT2D eigenvalue weighted by Crippen LogP contribution is -2.50. The van der Waals surface area contributed by atoms with Gasteiger partial charge in [-0.25, -0.2) is 0 Å². The standard InChI is InChI=1S/C25H42N4O2/c1-6-21(7-2)24(30)29-16-13-22(14-17-29)28-25(26-5)27-15-12-20-8-10-23(11-9-20)31-18-19(3)4/h8-11,19,21-22H,6-7,12-18H2,1-5H3,(H2,26,27,28). The highest BCUT2D eigenvalue weighted by atomic mass is 16.5. The van der Waals surface area contributed by atoms with Gasteiger partial charge in [0.2, 0.25) is 5.91 Å². The Morgan fingerprint density at radius 1 is 1.16 bits per heavy atom. The van der Waals surface area contributed by atoms with Gasteiger partial charge in [-0.1, -0.05) is 39.8 Å². The Kier molecular flexibility index (Phi) is 10.7. The molecule has 6 nitrogen and oxygen atoms in total. The molecule has 0 radical (unpaired) electrons. The number of likely N-dealkylation sites (tertiary alicyclic amines) is 1. The van der Waals surface area contributed by atoms with Gasteiger partial charge in [-0.15, -0.1) is 0 Å². The highest BCUT2D eigenvalue weighted by Gasteiger charge is 2.26. The van der Waals surface area contributed by atoms with Crippen LogP contribution in [-0.4, -0.2) is 56.1 Å². The van der Waals surface area contributed by atoms with Crippen LogP contribution in [0.2, 0.25) is 0 Å². The number of hydrogen-bond acceptors (Lipinski definition) is 3. The number of amides is 1. The number of carbonyl (C=O) groups is 1. The van der Waals surface area contributed by atoms with Crippen LogP contribution >= 0.6 is 0 Å². The van der Waals surface area contributed by atoms with Crippen molar-refractivity contribution in [2.45, 2.75) is 65.8 Å². The zero-order chi connectivity index (χ0) is 22.6. The van der Waals surface area contributed by atoms with E-state index in [1.807, 2.05) is 24.1 Å². The molecule has 1 aliphatic heterocycles. The second-order valence-corrected chi connectivity index (χ2v) is 8.86. The normalized spacial score (nSPS) is 15.5. The molecule has 0 atom stereocenters. The lowest BCUT2D eigenvalue weighted by molar-refractivity contribution is -0.136. The molecule has 174 valence electrons. The first-order valence-corrected chi connectivity index (χ1v) is 11.9. The topological polar surface area (TPSA) is 66.0 Å². The van der Waals surface area contributed by atoms with Crippen molar-refractivity contribution in [1.29, 1.82) is 0 Å². The van der Waals surface area contributed by atoms with E-state index in [4.69, 9.17) is 4.74 Å². The van der Waals surface area contributed by atoms with E-state index in [2.05, 4.69) is 55.5 Å². The first kappa shape index (κ1) is 25.0. The summed E-state index contributed by atoms with van der Waals surface area (Å²) < 4.78 is 5.75. The summed E-state index contributed by atoms with van der Waals surface area (Å²) in [5.41, 5.74) is 1.27. The van der Waals surface area contributed by atoms with Crippen LogP contribution in [0.15, 0.2) is 29.3 Å². The molecule has 0 aliphatic carbocycles. The van der Waals surface area contributed by atoms with E-state index < -0.39 is 0 Å². The van der Waals surface area contributed by atoms with Crippen LogP contribution in [-0.2, 0) is 11.2 Å². The maximum atomic E-state index is 12.6. The molecule has 1 aromatic carbocycles. The van der Waals surface area contributed by atoms with Crippen molar-refractivity contribution in [3.63, 3.8) is 0 Å². The quantitative estimate of drug-likeness (QED) is 0.437. The lowest BCUT2D eigenvalue weighted by Gasteiger charge is -2.34. The molecule has 0 aromatic heterocycles. The molecule has 1 heterocycles. The fourth-order valence-electron chi connectivity index (χ4n) is 3.87. The molecular formula is C25H42N4O2. The van der Waals surface area contributed by atoms with E-state index in [0.717, 1.165) is 70.1 Å². The van der Waals surface area contributed by atoms with Gasteiger partial charge in [0.15, 0.2) is 5.96 Å². The fraction of sp³-hybridized carbons (Fsp3) is 0.680. The molecule has 1 aliphatic rings. The molecule has 1 aromatic rings. The minimum atomic E-state index is 0.176. The molecule has 0 saturated carbocycles. The van der Waals surface area contributed by atoms with Crippen LogP contribution in [0.4, 0.5) is 0 Å². The van der Waals surface area contributed by atoms with E-state index in [1.54, 1.807) is 0 Å². The van der Waals surface area contributed by atoms with E-state index in [1.165, 1.54) is 5.56 Å². The maximum Gasteiger partial charge on any atom is 0.225 e.